The highest BCUT2D eigenvalue weighted by molar-refractivity contribution is 6.03. The Balaban J connectivity index is 1.61. The van der Waals surface area contributed by atoms with Gasteiger partial charge in [0.2, 0.25) is 11.8 Å². The van der Waals surface area contributed by atoms with Crippen LogP contribution in [0.3, 0.4) is 0 Å². The van der Waals surface area contributed by atoms with Crippen molar-refractivity contribution in [1.29, 1.82) is 0 Å². The van der Waals surface area contributed by atoms with E-state index in [0.717, 1.165) is 12.8 Å². The standard InChI is InChI=1S/C22H23N3O3/c26-19-14-25(21(28)23-19)15-20(27)24-13-7-12-22(16-24,17-8-3-1-4-9-17)18-10-5-2-6-11-18/h1-6,8-11H,7,12-16H2,(H,23,26,28). The molecule has 2 aliphatic rings. The molecule has 2 fully saturated rings. The number of amides is 4. The van der Waals surface area contributed by atoms with Gasteiger partial charge in [-0.3, -0.25) is 14.9 Å². The van der Waals surface area contributed by atoms with Crippen LogP contribution in [-0.4, -0.2) is 53.8 Å². The molecule has 4 rings (SSSR count). The Labute approximate surface area is 164 Å². The smallest absolute Gasteiger partial charge is 0.325 e. The van der Waals surface area contributed by atoms with Gasteiger partial charge in [0.15, 0.2) is 0 Å². The number of imide groups is 1. The van der Waals surface area contributed by atoms with Crippen molar-refractivity contribution in [3.63, 3.8) is 0 Å². The maximum absolute atomic E-state index is 12.9. The molecule has 0 unspecified atom stereocenters. The number of nitrogens with zero attached hydrogens (tertiary/aromatic N) is 2. The minimum absolute atomic E-state index is 0.0546. The predicted octanol–water partition coefficient (Wildman–Crippen LogP) is 2.15. The van der Waals surface area contributed by atoms with E-state index in [1.54, 1.807) is 0 Å². The van der Waals surface area contributed by atoms with E-state index < -0.39 is 6.03 Å². The van der Waals surface area contributed by atoms with Gasteiger partial charge in [0.05, 0.1) is 0 Å². The zero-order valence-corrected chi connectivity index (χ0v) is 15.6. The topological polar surface area (TPSA) is 69.7 Å². The molecule has 0 radical (unpaired) electrons. The fourth-order valence-corrected chi connectivity index (χ4v) is 4.29. The third-order valence-corrected chi connectivity index (χ3v) is 5.69. The molecule has 144 valence electrons. The number of nitrogens with one attached hydrogen (secondary N) is 1. The number of carbonyl (C=O) groups is 3. The number of likely N-dealkylation sites (tertiary alicyclic amines) is 1. The van der Waals surface area contributed by atoms with Crippen LogP contribution in [0.15, 0.2) is 60.7 Å². The number of benzene rings is 2. The van der Waals surface area contributed by atoms with Crippen molar-refractivity contribution in [1.82, 2.24) is 15.1 Å². The van der Waals surface area contributed by atoms with E-state index in [-0.39, 0.29) is 30.3 Å². The van der Waals surface area contributed by atoms with E-state index in [0.29, 0.717) is 13.1 Å². The van der Waals surface area contributed by atoms with Crippen LogP contribution in [-0.2, 0) is 15.0 Å². The second-order valence-corrected chi connectivity index (χ2v) is 7.44. The first-order valence-electron chi connectivity index (χ1n) is 9.56. The highest BCUT2D eigenvalue weighted by atomic mass is 16.2. The van der Waals surface area contributed by atoms with Crippen molar-refractivity contribution in [3.05, 3.63) is 71.8 Å². The van der Waals surface area contributed by atoms with E-state index in [2.05, 4.69) is 29.6 Å². The lowest BCUT2D eigenvalue weighted by Gasteiger charge is -2.44. The maximum atomic E-state index is 12.9. The van der Waals surface area contributed by atoms with Gasteiger partial charge in [-0.05, 0) is 24.0 Å². The summed E-state index contributed by atoms with van der Waals surface area (Å²) in [5.74, 6) is -0.486. The summed E-state index contributed by atoms with van der Waals surface area (Å²) < 4.78 is 0. The molecule has 0 aromatic heterocycles. The average molecular weight is 377 g/mol. The first-order valence-corrected chi connectivity index (χ1v) is 9.56. The van der Waals surface area contributed by atoms with Gasteiger partial charge in [-0.25, -0.2) is 4.79 Å². The van der Waals surface area contributed by atoms with Gasteiger partial charge in [0, 0.05) is 18.5 Å². The van der Waals surface area contributed by atoms with E-state index >= 15 is 0 Å². The second kappa shape index (κ2) is 7.46. The molecule has 2 aromatic rings. The van der Waals surface area contributed by atoms with E-state index in [1.165, 1.54) is 16.0 Å². The number of hydrogen-bond donors (Lipinski definition) is 1. The Morgan fingerprint density at radius 1 is 0.964 bits per heavy atom. The Morgan fingerprint density at radius 2 is 1.57 bits per heavy atom. The maximum Gasteiger partial charge on any atom is 0.325 e. The summed E-state index contributed by atoms with van der Waals surface area (Å²) >= 11 is 0. The first-order chi connectivity index (χ1) is 13.6. The molecule has 2 heterocycles. The van der Waals surface area contributed by atoms with Crippen LogP contribution in [0.4, 0.5) is 4.79 Å². The van der Waals surface area contributed by atoms with E-state index in [9.17, 15) is 14.4 Å². The lowest BCUT2D eigenvalue weighted by atomic mass is 9.69. The van der Waals surface area contributed by atoms with Crippen molar-refractivity contribution in [2.24, 2.45) is 0 Å². The van der Waals surface area contributed by atoms with Crippen LogP contribution in [0, 0.1) is 0 Å². The summed E-state index contributed by atoms with van der Waals surface area (Å²) in [5, 5.41) is 2.22. The van der Waals surface area contributed by atoms with Gasteiger partial charge < -0.3 is 9.80 Å². The van der Waals surface area contributed by atoms with Gasteiger partial charge in [-0.15, -0.1) is 0 Å². The summed E-state index contributed by atoms with van der Waals surface area (Å²) in [4.78, 5) is 39.2. The zero-order chi connectivity index (χ0) is 19.6. The molecule has 0 saturated carbocycles. The Bertz CT molecular complexity index is 843. The van der Waals surface area contributed by atoms with Gasteiger partial charge in [0.1, 0.15) is 13.1 Å². The van der Waals surface area contributed by atoms with Crippen molar-refractivity contribution in [2.75, 3.05) is 26.2 Å². The normalized spacial score (nSPS) is 18.9. The number of urea groups is 1. The van der Waals surface area contributed by atoms with Crippen molar-refractivity contribution in [2.45, 2.75) is 18.3 Å². The number of piperidine rings is 1. The summed E-state index contributed by atoms with van der Waals surface area (Å²) in [5.41, 5.74) is 2.10. The molecule has 0 atom stereocenters. The summed E-state index contributed by atoms with van der Waals surface area (Å²) in [6.07, 6.45) is 1.83. The molecule has 4 amide bonds. The average Bonchev–Trinajstić information content (AvgIpc) is 3.06. The second-order valence-electron chi connectivity index (χ2n) is 7.44. The van der Waals surface area contributed by atoms with Crippen molar-refractivity contribution in [3.8, 4) is 0 Å². The zero-order valence-electron chi connectivity index (χ0n) is 15.6. The Kier molecular flexibility index (Phi) is 4.86. The van der Waals surface area contributed by atoms with Crippen LogP contribution in [0.2, 0.25) is 0 Å². The lowest BCUT2D eigenvalue weighted by molar-refractivity contribution is -0.133. The summed E-state index contributed by atoms with van der Waals surface area (Å²) in [6.45, 7) is 1.09. The monoisotopic (exact) mass is 377 g/mol. The van der Waals surface area contributed by atoms with Crippen molar-refractivity contribution < 1.29 is 14.4 Å². The van der Waals surface area contributed by atoms with Crippen LogP contribution < -0.4 is 5.32 Å². The SMILES string of the molecule is O=C1CN(CC(=O)N2CCCC(c3ccccc3)(c3ccccc3)C2)C(=O)N1. The molecule has 2 aliphatic heterocycles. The van der Waals surface area contributed by atoms with Crippen LogP contribution in [0.5, 0.6) is 0 Å². The summed E-state index contributed by atoms with van der Waals surface area (Å²) in [6, 6.07) is 20.1. The number of carbonyl (C=O) groups excluding carboxylic acids is 3. The quantitative estimate of drug-likeness (QED) is 0.830. The molecule has 6 nitrogen and oxygen atoms in total. The number of hydrogen-bond acceptors (Lipinski definition) is 3. The third-order valence-electron chi connectivity index (χ3n) is 5.69. The van der Waals surface area contributed by atoms with Gasteiger partial charge in [-0.2, -0.15) is 0 Å². The van der Waals surface area contributed by atoms with E-state index in [4.69, 9.17) is 0 Å². The van der Waals surface area contributed by atoms with Gasteiger partial charge in [0.25, 0.3) is 0 Å². The first kappa shape index (κ1) is 18.2. The highest BCUT2D eigenvalue weighted by Gasteiger charge is 2.40. The molecule has 2 aromatic carbocycles. The Hall–Kier alpha value is -3.15. The molecular weight excluding hydrogens is 354 g/mol. The molecule has 28 heavy (non-hydrogen) atoms. The Morgan fingerprint density at radius 3 is 2.11 bits per heavy atom. The molecule has 0 aliphatic carbocycles. The van der Waals surface area contributed by atoms with Gasteiger partial charge >= 0.3 is 6.03 Å². The largest absolute Gasteiger partial charge is 0.340 e. The van der Waals surface area contributed by atoms with Crippen LogP contribution in [0.25, 0.3) is 0 Å². The van der Waals surface area contributed by atoms with Crippen molar-refractivity contribution >= 4 is 17.8 Å². The summed E-state index contributed by atoms with van der Waals surface area (Å²) in [7, 11) is 0. The minimum Gasteiger partial charge on any atom is -0.340 e. The van der Waals surface area contributed by atoms with Crippen LogP contribution >= 0.6 is 0 Å². The lowest BCUT2D eigenvalue weighted by Crippen LogP contribution is -2.51. The molecular formula is C22H23N3O3. The molecule has 2 saturated heterocycles. The fraction of sp³-hybridized carbons (Fsp3) is 0.318. The highest BCUT2D eigenvalue weighted by Crippen LogP contribution is 2.40. The molecule has 0 spiro atoms. The number of rotatable bonds is 4. The molecule has 0 bridgehead atoms. The molecule has 6 heteroatoms. The fourth-order valence-electron chi connectivity index (χ4n) is 4.29. The third kappa shape index (κ3) is 3.38. The minimum atomic E-state index is -0.493. The van der Waals surface area contributed by atoms with Crippen LogP contribution in [0.1, 0.15) is 24.0 Å². The predicted molar refractivity (Wildman–Crippen MR) is 105 cm³/mol. The molecule has 1 N–H and O–H groups in total. The van der Waals surface area contributed by atoms with E-state index in [1.807, 2.05) is 41.3 Å². The van der Waals surface area contributed by atoms with Gasteiger partial charge in [-0.1, -0.05) is 60.7 Å².